The van der Waals surface area contributed by atoms with Gasteiger partial charge in [0.1, 0.15) is 0 Å². The van der Waals surface area contributed by atoms with Crippen molar-refractivity contribution in [2.45, 2.75) is 34.1 Å². The fraction of sp³-hybridized carbons (Fsp3) is 1.00. The molecule has 0 aliphatic carbocycles. The Labute approximate surface area is 79.6 Å². The fourth-order valence-electron chi connectivity index (χ4n) is 1.63. The molecule has 0 aromatic heterocycles. The zero-order chi connectivity index (χ0) is 10.5. The van der Waals surface area contributed by atoms with Gasteiger partial charge in [0.15, 0.2) is 0 Å². The zero-order valence-corrected chi connectivity index (χ0v) is 8.91. The maximum atomic E-state index is 9.08. The highest BCUT2D eigenvalue weighted by molar-refractivity contribution is 4.80. The number of hydrogen-bond acceptors (Lipinski definition) is 2. The molecule has 76 valence electrons. The summed E-state index contributed by atoms with van der Waals surface area (Å²) in [4.78, 5) is 2.74. The van der Waals surface area contributed by atoms with E-state index in [1.165, 1.54) is 0 Å². The average Bonchev–Trinajstić information content (AvgIpc) is 1.99. The maximum absolute atomic E-state index is 9.08. The molecule has 0 saturated heterocycles. The van der Waals surface area contributed by atoms with Gasteiger partial charge in [-0.2, -0.15) is 0 Å². The summed E-state index contributed by atoms with van der Waals surface area (Å²) in [6.07, 6.45) is 0.843. The molecule has 0 aliphatic heterocycles. The molecule has 4 nitrogen and oxygen atoms in total. The van der Waals surface area contributed by atoms with Gasteiger partial charge in [0, 0.05) is 18.1 Å². The van der Waals surface area contributed by atoms with Crippen molar-refractivity contribution in [2.24, 2.45) is 15.9 Å². The first kappa shape index (κ1) is 12.3. The van der Waals surface area contributed by atoms with E-state index in [-0.39, 0.29) is 17.4 Å². The van der Waals surface area contributed by atoms with E-state index in [2.05, 4.69) is 10.0 Å². The summed E-state index contributed by atoms with van der Waals surface area (Å²) in [5, 5.41) is 12.6. The Balaban J connectivity index is 4.23. The topological polar surface area (TPSA) is 69.0 Å². The van der Waals surface area contributed by atoms with Crippen LogP contribution in [0.25, 0.3) is 10.4 Å². The van der Waals surface area contributed by atoms with E-state index < -0.39 is 0 Å². The van der Waals surface area contributed by atoms with Crippen LogP contribution < -0.4 is 0 Å². The largest absolute Gasteiger partial charge is 0.396 e. The van der Waals surface area contributed by atoms with Crippen LogP contribution in [-0.2, 0) is 0 Å². The van der Waals surface area contributed by atoms with Gasteiger partial charge in [-0.05, 0) is 22.8 Å². The summed E-state index contributed by atoms with van der Waals surface area (Å²) in [6.45, 7) is 8.73. The van der Waals surface area contributed by atoms with Gasteiger partial charge in [-0.1, -0.05) is 32.8 Å². The van der Waals surface area contributed by atoms with E-state index in [4.69, 9.17) is 10.6 Å². The van der Waals surface area contributed by atoms with Gasteiger partial charge in [-0.25, -0.2) is 0 Å². The number of nitrogens with zero attached hydrogens (tertiary/aromatic N) is 3. The SMILES string of the molecule is CC(C)(CO)CC(C)(C)CN=[N+]=[N-]. The minimum atomic E-state index is -0.103. The van der Waals surface area contributed by atoms with Crippen LogP contribution in [0.3, 0.4) is 0 Å². The molecule has 0 atom stereocenters. The van der Waals surface area contributed by atoms with Crippen molar-refractivity contribution in [3.8, 4) is 0 Å². The monoisotopic (exact) mass is 185 g/mol. The molecule has 0 aromatic carbocycles. The Morgan fingerprint density at radius 1 is 1.23 bits per heavy atom. The predicted molar refractivity (Wildman–Crippen MR) is 53.3 cm³/mol. The van der Waals surface area contributed by atoms with E-state index >= 15 is 0 Å². The number of hydrogen-bond donors (Lipinski definition) is 1. The highest BCUT2D eigenvalue weighted by Crippen LogP contribution is 2.33. The summed E-state index contributed by atoms with van der Waals surface area (Å²) in [5.41, 5.74) is 8.05. The number of rotatable bonds is 5. The lowest BCUT2D eigenvalue weighted by molar-refractivity contribution is 0.106. The molecule has 0 spiro atoms. The van der Waals surface area contributed by atoms with Crippen molar-refractivity contribution in [1.82, 2.24) is 0 Å². The third kappa shape index (κ3) is 5.50. The Morgan fingerprint density at radius 3 is 2.15 bits per heavy atom. The first-order valence-corrected chi connectivity index (χ1v) is 4.45. The minimum absolute atomic E-state index is 0.0432. The Hall–Kier alpha value is -0.730. The summed E-state index contributed by atoms with van der Waals surface area (Å²) in [6, 6.07) is 0. The quantitative estimate of drug-likeness (QED) is 0.399. The molecule has 4 heteroatoms. The van der Waals surface area contributed by atoms with E-state index in [1.54, 1.807) is 0 Å². The fourth-order valence-corrected chi connectivity index (χ4v) is 1.63. The second-order valence-electron chi connectivity index (χ2n) is 5.05. The van der Waals surface area contributed by atoms with Gasteiger partial charge in [0.2, 0.25) is 0 Å². The molecule has 0 radical (unpaired) electrons. The highest BCUT2D eigenvalue weighted by atomic mass is 16.3. The first-order chi connectivity index (χ1) is 5.83. The van der Waals surface area contributed by atoms with Gasteiger partial charge < -0.3 is 5.11 Å². The van der Waals surface area contributed by atoms with Crippen molar-refractivity contribution in [1.29, 1.82) is 0 Å². The average molecular weight is 185 g/mol. The Bertz CT molecular complexity index is 205. The molecular weight excluding hydrogens is 166 g/mol. The lowest BCUT2D eigenvalue weighted by atomic mass is 9.75. The van der Waals surface area contributed by atoms with Crippen molar-refractivity contribution in [3.05, 3.63) is 10.4 Å². The van der Waals surface area contributed by atoms with Crippen LogP contribution in [0.15, 0.2) is 5.11 Å². The molecule has 0 rings (SSSR count). The van der Waals surface area contributed by atoms with Crippen LogP contribution in [0.1, 0.15) is 34.1 Å². The molecule has 0 saturated carbocycles. The van der Waals surface area contributed by atoms with Crippen molar-refractivity contribution in [2.75, 3.05) is 13.2 Å². The summed E-state index contributed by atoms with van der Waals surface area (Å²) < 4.78 is 0. The van der Waals surface area contributed by atoms with Crippen molar-refractivity contribution >= 4 is 0 Å². The molecule has 0 aromatic rings. The van der Waals surface area contributed by atoms with E-state index in [0.29, 0.717) is 6.54 Å². The lowest BCUT2D eigenvalue weighted by Crippen LogP contribution is -2.28. The summed E-state index contributed by atoms with van der Waals surface area (Å²) in [5.74, 6) is 0. The summed E-state index contributed by atoms with van der Waals surface area (Å²) >= 11 is 0. The van der Waals surface area contributed by atoms with Gasteiger partial charge >= 0.3 is 0 Å². The number of aliphatic hydroxyl groups is 1. The number of azide groups is 1. The molecule has 0 fully saturated rings. The maximum Gasteiger partial charge on any atom is 0.0482 e. The second-order valence-corrected chi connectivity index (χ2v) is 5.05. The van der Waals surface area contributed by atoms with Crippen LogP contribution in [0.5, 0.6) is 0 Å². The molecule has 0 heterocycles. The zero-order valence-electron chi connectivity index (χ0n) is 8.91. The molecule has 0 unspecified atom stereocenters. The van der Waals surface area contributed by atoms with Crippen molar-refractivity contribution < 1.29 is 5.11 Å². The van der Waals surface area contributed by atoms with Gasteiger partial charge in [0.05, 0.1) is 0 Å². The van der Waals surface area contributed by atoms with E-state index in [9.17, 15) is 0 Å². The number of aliphatic hydroxyl groups excluding tert-OH is 1. The first-order valence-electron chi connectivity index (χ1n) is 4.45. The van der Waals surface area contributed by atoms with E-state index in [0.717, 1.165) is 6.42 Å². The van der Waals surface area contributed by atoms with Crippen LogP contribution in [0.4, 0.5) is 0 Å². The lowest BCUT2D eigenvalue weighted by Gasteiger charge is -2.32. The van der Waals surface area contributed by atoms with Gasteiger partial charge in [-0.15, -0.1) is 0 Å². The minimum Gasteiger partial charge on any atom is -0.396 e. The van der Waals surface area contributed by atoms with Crippen LogP contribution >= 0.6 is 0 Å². The standard InChI is InChI=1S/C9H19N3O/c1-8(2,6-11-12-10)5-9(3,4)7-13/h13H,5-7H2,1-4H3. The molecular formula is C9H19N3O. The van der Waals surface area contributed by atoms with Crippen LogP contribution in [0.2, 0.25) is 0 Å². The second kappa shape index (κ2) is 4.49. The molecule has 0 amide bonds. The smallest absolute Gasteiger partial charge is 0.0482 e. The van der Waals surface area contributed by atoms with E-state index in [1.807, 2.05) is 27.7 Å². The predicted octanol–water partition coefficient (Wildman–Crippen LogP) is 2.73. The summed E-state index contributed by atoms with van der Waals surface area (Å²) in [7, 11) is 0. The normalized spacial score (nSPS) is 12.4. The molecule has 0 bridgehead atoms. The van der Waals surface area contributed by atoms with Gasteiger partial charge in [0.25, 0.3) is 0 Å². The van der Waals surface area contributed by atoms with Crippen molar-refractivity contribution in [3.63, 3.8) is 0 Å². The van der Waals surface area contributed by atoms with Gasteiger partial charge in [-0.3, -0.25) is 0 Å². The third-order valence-electron chi connectivity index (χ3n) is 1.95. The van der Waals surface area contributed by atoms with Crippen LogP contribution in [0, 0.1) is 10.8 Å². The third-order valence-corrected chi connectivity index (χ3v) is 1.95. The molecule has 13 heavy (non-hydrogen) atoms. The Morgan fingerprint density at radius 2 is 1.77 bits per heavy atom. The molecule has 0 aliphatic rings. The molecule has 1 N–H and O–H groups in total. The van der Waals surface area contributed by atoms with Crippen LogP contribution in [-0.4, -0.2) is 18.3 Å². The Kier molecular flexibility index (Phi) is 4.24. The highest BCUT2D eigenvalue weighted by Gasteiger charge is 2.27.